The molecular weight excluding hydrogens is 290 g/mol. The molecule has 0 aliphatic carbocycles. The Morgan fingerprint density at radius 2 is 1.87 bits per heavy atom. The molecule has 23 heavy (non-hydrogen) atoms. The molecule has 0 saturated carbocycles. The third-order valence-corrected chi connectivity index (χ3v) is 3.32. The summed E-state index contributed by atoms with van der Waals surface area (Å²) in [5.74, 6) is 0.683. The summed E-state index contributed by atoms with van der Waals surface area (Å²) in [5.41, 5.74) is 2.66. The lowest BCUT2D eigenvalue weighted by Crippen LogP contribution is -2.16. The summed E-state index contributed by atoms with van der Waals surface area (Å²) in [6, 6.07) is 9.95. The first-order chi connectivity index (χ1) is 11.2. The molecular formula is C17H23N5O. The van der Waals surface area contributed by atoms with E-state index in [-0.39, 0.29) is 0 Å². The van der Waals surface area contributed by atoms with E-state index in [4.69, 9.17) is 0 Å². The summed E-state index contributed by atoms with van der Waals surface area (Å²) in [6.45, 7) is 5.75. The molecule has 6 heteroatoms. The van der Waals surface area contributed by atoms with Gasteiger partial charge in [0.05, 0.1) is 12.3 Å². The quantitative estimate of drug-likeness (QED) is 0.802. The Kier molecular flexibility index (Phi) is 5.65. The number of nitrogens with zero attached hydrogens (tertiary/aromatic N) is 5. The molecule has 0 spiro atoms. The molecule has 1 N–H and O–H groups in total. The minimum absolute atomic E-state index is 0.428. The zero-order valence-electron chi connectivity index (χ0n) is 14.0. The summed E-state index contributed by atoms with van der Waals surface area (Å²) in [5, 5.41) is 13.9. The zero-order chi connectivity index (χ0) is 16.8. The molecule has 2 heterocycles. The van der Waals surface area contributed by atoms with Gasteiger partial charge in [0.1, 0.15) is 6.33 Å². The number of hydrogen-bond acceptors (Lipinski definition) is 5. The predicted molar refractivity (Wildman–Crippen MR) is 92.0 cm³/mol. The maximum absolute atomic E-state index is 9.55. The minimum Gasteiger partial charge on any atom is -0.393 e. The maximum atomic E-state index is 9.55. The molecule has 0 saturated heterocycles. The van der Waals surface area contributed by atoms with Crippen molar-refractivity contribution in [3.05, 3.63) is 48.4 Å². The third-order valence-electron chi connectivity index (χ3n) is 3.32. The van der Waals surface area contributed by atoms with Crippen LogP contribution in [0.15, 0.2) is 42.9 Å². The molecule has 122 valence electrons. The summed E-state index contributed by atoms with van der Waals surface area (Å²) in [6.07, 6.45) is 3.36. The van der Waals surface area contributed by atoms with Gasteiger partial charge in [-0.1, -0.05) is 32.0 Å². The Morgan fingerprint density at radius 3 is 2.52 bits per heavy atom. The Bertz CT molecular complexity index is 739. The van der Waals surface area contributed by atoms with Crippen molar-refractivity contribution < 1.29 is 5.11 Å². The summed E-state index contributed by atoms with van der Waals surface area (Å²) in [4.78, 5) is 10.6. The van der Waals surface area contributed by atoms with E-state index < -0.39 is 6.10 Å². The molecule has 1 aromatic carbocycles. The van der Waals surface area contributed by atoms with E-state index in [9.17, 15) is 5.11 Å². The highest BCUT2D eigenvalue weighted by molar-refractivity contribution is 5.59. The van der Waals surface area contributed by atoms with Gasteiger partial charge in [-0.25, -0.2) is 9.97 Å². The summed E-state index contributed by atoms with van der Waals surface area (Å²) in [7, 11) is 1.94. The fourth-order valence-electron chi connectivity index (χ4n) is 2.31. The highest BCUT2D eigenvalue weighted by atomic mass is 16.3. The Morgan fingerprint density at radius 1 is 1.17 bits per heavy atom. The Balaban J connectivity index is 0.000000924. The van der Waals surface area contributed by atoms with Crippen molar-refractivity contribution in [2.75, 3.05) is 11.9 Å². The van der Waals surface area contributed by atoms with Gasteiger partial charge in [-0.15, -0.1) is 0 Å². The van der Waals surface area contributed by atoms with Gasteiger partial charge in [0, 0.05) is 24.7 Å². The van der Waals surface area contributed by atoms with Gasteiger partial charge >= 0.3 is 0 Å². The van der Waals surface area contributed by atoms with E-state index >= 15 is 0 Å². The van der Waals surface area contributed by atoms with E-state index in [1.807, 2.05) is 56.1 Å². The molecule has 0 aliphatic rings. The minimum atomic E-state index is -0.428. The SMILES string of the molecule is CC.CC(O)Cc1cnn2c(N(C)c3ccccc3)ncnc12. The van der Waals surface area contributed by atoms with Crippen LogP contribution in [0.2, 0.25) is 0 Å². The first-order valence-corrected chi connectivity index (χ1v) is 7.81. The van der Waals surface area contributed by atoms with E-state index in [1.54, 1.807) is 17.6 Å². The van der Waals surface area contributed by atoms with Crippen LogP contribution in [0.3, 0.4) is 0 Å². The van der Waals surface area contributed by atoms with Gasteiger partial charge in [-0.05, 0) is 19.1 Å². The van der Waals surface area contributed by atoms with Crippen LogP contribution in [0.25, 0.3) is 5.65 Å². The molecule has 2 aromatic heterocycles. The van der Waals surface area contributed by atoms with Crippen molar-refractivity contribution in [3.8, 4) is 0 Å². The van der Waals surface area contributed by atoms with E-state index in [1.165, 1.54) is 6.33 Å². The lowest BCUT2D eigenvalue weighted by atomic mass is 10.2. The first kappa shape index (κ1) is 16.9. The van der Waals surface area contributed by atoms with E-state index in [0.717, 1.165) is 16.9 Å². The van der Waals surface area contributed by atoms with Crippen molar-refractivity contribution in [3.63, 3.8) is 0 Å². The monoisotopic (exact) mass is 313 g/mol. The number of anilines is 2. The normalized spacial score (nSPS) is 11.7. The molecule has 0 radical (unpaired) electrons. The van der Waals surface area contributed by atoms with Crippen molar-refractivity contribution >= 4 is 17.3 Å². The van der Waals surface area contributed by atoms with Gasteiger partial charge in [-0.2, -0.15) is 9.61 Å². The van der Waals surface area contributed by atoms with Crippen LogP contribution in [-0.4, -0.2) is 37.8 Å². The molecule has 3 aromatic rings. The molecule has 6 nitrogen and oxygen atoms in total. The summed E-state index contributed by atoms with van der Waals surface area (Å²) < 4.78 is 1.70. The van der Waals surface area contributed by atoms with Crippen LogP contribution in [0, 0.1) is 0 Å². The molecule has 3 rings (SSSR count). The second-order valence-corrected chi connectivity index (χ2v) is 5.03. The highest BCUT2D eigenvalue weighted by Crippen LogP contribution is 2.22. The van der Waals surface area contributed by atoms with Crippen molar-refractivity contribution in [2.24, 2.45) is 0 Å². The van der Waals surface area contributed by atoms with Crippen LogP contribution in [0.1, 0.15) is 26.3 Å². The third kappa shape index (κ3) is 3.65. The summed E-state index contributed by atoms with van der Waals surface area (Å²) >= 11 is 0. The highest BCUT2D eigenvalue weighted by Gasteiger charge is 2.14. The molecule has 1 unspecified atom stereocenters. The van der Waals surface area contributed by atoms with Crippen molar-refractivity contribution in [1.82, 2.24) is 19.6 Å². The van der Waals surface area contributed by atoms with Crippen LogP contribution in [0.5, 0.6) is 0 Å². The standard InChI is InChI=1S/C15H17N5O.C2H6/c1-11(21)8-12-9-18-20-14(12)16-10-17-15(20)19(2)13-6-4-3-5-7-13;1-2/h3-7,9-11,21H,8H2,1-2H3;1-2H3. The number of benzene rings is 1. The molecule has 0 amide bonds. The average molecular weight is 313 g/mol. The van der Waals surface area contributed by atoms with Gasteiger partial charge in [0.15, 0.2) is 5.65 Å². The molecule has 0 fully saturated rings. The molecule has 0 aliphatic heterocycles. The second-order valence-electron chi connectivity index (χ2n) is 5.03. The number of para-hydroxylation sites is 1. The van der Waals surface area contributed by atoms with Crippen LogP contribution >= 0.6 is 0 Å². The second kappa shape index (κ2) is 7.69. The predicted octanol–water partition coefficient (Wildman–Crippen LogP) is 2.84. The van der Waals surface area contributed by atoms with Gasteiger partial charge in [0.25, 0.3) is 0 Å². The van der Waals surface area contributed by atoms with E-state index in [2.05, 4.69) is 15.1 Å². The van der Waals surface area contributed by atoms with Crippen LogP contribution < -0.4 is 4.90 Å². The van der Waals surface area contributed by atoms with Crippen LogP contribution in [0.4, 0.5) is 11.6 Å². The number of aliphatic hydroxyl groups is 1. The topological polar surface area (TPSA) is 66.6 Å². The molecule has 1 atom stereocenters. The first-order valence-electron chi connectivity index (χ1n) is 7.81. The number of rotatable bonds is 4. The fourth-order valence-corrected chi connectivity index (χ4v) is 2.31. The fraction of sp³-hybridized carbons (Fsp3) is 0.353. The Hall–Kier alpha value is -2.47. The Labute approximate surface area is 136 Å². The van der Waals surface area contributed by atoms with Gasteiger partial charge in [0.2, 0.25) is 5.95 Å². The number of hydrogen-bond donors (Lipinski definition) is 1. The molecule has 0 bridgehead atoms. The average Bonchev–Trinajstić information content (AvgIpc) is 2.99. The van der Waals surface area contributed by atoms with Crippen LogP contribution in [-0.2, 0) is 6.42 Å². The van der Waals surface area contributed by atoms with Crippen molar-refractivity contribution in [2.45, 2.75) is 33.3 Å². The largest absolute Gasteiger partial charge is 0.393 e. The van der Waals surface area contributed by atoms with Gasteiger partial charge in [-0.3, -0.25) is 0 Å². The number of aromatic nitrogens is 4. The smallest absolute Gasteiger partial charge is 0.234 e. The zero-order valence-corrected chi connectivity index (χ0v) is 14.0. The number of fused-ring (bicyclic) bond motifs is 1. The maximum Gasteiger partial charge on any atom is 0.234 e. The van der Waals surface area contributed by atoms with Gasteiger partial charge < -0.3 is 10.0 Å². The lowest BCUT2D eigenvalue weighted by Gasteiger charge is -2.18. The number of aliphatic hydroxyl groups excluding tert-OH is 1. The van der Waals surface area contributed by atoms with Crippen molar-refractivity contribution in [1.29, 1.82) is 0 Å². The van der Waals surface area contributed by atoms with E-state index in [0.29, 0.717) is 12.4 Å². The lowest BCUT2D eigenvalue weighted by molar-refractivity contribution is 0.196.